The average Bonchev–Trinajstić information content (AvgIpc) is 2.69. The number of hydrogen-bond donors (Lipinski definition) is 1. The Morgan fingerprint density at radius 2 is 1.58 bits per heavy atom. The lowest BCUT2D eigenvalue weighted by Gasteiger charge is -2.33. The Hall–Kier alpha value is -2.14. The van der Waals surface area contributed by atoms with Crippen molar-refractivity contribution < 1.29 is 18.0 Å². The van der Waals surface area contributed by atoms with Gasteiger partial charge in [0.1, 0.15) is 12.6 Å². The summed E-state index contributed by atoms with van der Waals surface area (Å²) in [5.74, 6) is -0.765. The van der Waals surface area contributed by atoms with Crippen molar-refractivity contribution in [2.24, 2.45) is 0 Å². The van der Waals surface area contributed by atoms with Gasteiger partial charge >= 0.3 is 0 Å². The largest absolute Gasteiger partial charge is 0.350 e. The van der Waals surface area contributed by atoms with Crippen LogP contribution in [0.1, 0.15) is 38.8 Å². The molecule has 180 valence electrons. The normalized spacial score (nSPS) is 12.7. The molecule has 2 rings (SSSR count). The zero-order valence-corrected chi connectivity index (χ0v) is 22.9. The van der Waals surface area contributed by atoms with Gasteiger partial charge in [-0.05, 0) is 87.0 Å². The lowest BCUT2D eigenvalue weighted by atomic mass is 10.1. The van der Waals surface area contributed by atoms with Crippen LogP contribution in [0.15, 0.2) is 48.5 Å². The second kappa shape index (κ2) is 10.9. The van der Waals surface area contributed by atoms with Crippen LogP contribution in [-0.4, -0.2) is 49.5 Å². The summed E-state index contributed by atoms with van der Waals surface area (Å²) >= 11 is 2.13. The van der Waals surface area contributed by atoms with Crippen molar-refractivity contribution in [3.05, 3.63) is 63.2 Å². The summed E-state index contributed by atoms with van der Waals surface area (Å²) in [5, 5.41) is 2.91. The van der Waals surface area contributed by atoms with Gasteiger partial charge in [-0.15, -0.1) is 0 Å². The van der Waals surface area contributed by atoms with Gasteiger partial charge in [0.25, 0.3) is 0 Å². The number of nitrogens with zero attached hydrogens (tertiary/aromatic N) is 2. The molecule has 0 aliphatic carbocycles. The highest BCUT2D eigenvalue weighted by atomic mass is 127. The fourth-order valence-corrected chi connectivity index (χ4v) is 4.38. The summed E-state index contributed by atoms with van der Waals surface area (Å²) in [7, 11) is -3.73. The first-order chi connectivity index (χ1) is 15.2. The number of carbonyl (C=O) groups is 2. The fraction of sp³-hybridized carbons (Fsp3) is 0.417. The van der Waals surface area contributed by atoms with Gasteiger partial charge in [0.2, 0.25) is 21.8 Å². The third-order valence-corrected chi connectivity index (χ3v) is 6.79. The van der Waals surface area contributed by atoms with Gasteiger partial charge in [-0.25, -0.2) is 8.42 Å². The summed E-state index contributed by atoms with van der Waals surface area (Å²) in [6, 6.07) is 13.8. The number of rotatable bonds is 8. The summed E-state index contributed by atoms with van der Waals surface area (Å²) in [5.41, 5.74) is 1.86. The molecule has 0 aliphatic rings. The van der Waals surface area contributed by atoms with Crippen molar-refractivity contribution in [2.45, 2.75) is 52.7 Å². The lowest BCUT2D eigenvalue weighted by Crippen LogP contribution is -2.54. The van der Waals surface area contributed by atoms with Crippen molar-refractivity contribution in [3.8, 4) is 0 Å². The Bertz CT molecular complexity index is 1080. The van der Waals surface area contributed by atoms with Crippen LogP contribution in [0.2, 0.25) is 0 Å². The maximum atomic E-state index is 13.5. The van der Waals surface area contributed by atoms with Crippen LogP contribution in [0.25, 0.3) is 0 Å². The molecule has 1 unspecified atom stereocenters. The van der Waals surface area contributed by atoms with Crippen LogP contribution in [0.3, 0.4) is 0 Å². The van der Waals surface area contributed by atoms with Gasteiger partial charge in [0.15, 0.2) is 0 Å². The van der Waals surface area contributed by atoms with Crippen molar-refractivity contribution in [1.82, 2.24) is 10.2 Å². The number of carbonyl (C=O) groups excluding carboxylic acids is 2. The van der Waals surface area contributed by atoms with Crippen LogP contribution >= 0.6 is 22.6 Å². The van der Waals surface area contributed by atoms with Crippen LogP contribution in [0.4, 0.5) is 5.69 Å². The molecule has 0 fully saturated rings. The highest BCUT2D eigenvalue weighted by Crippen LogP contribution is 2.20. The number of benzene rings is 2. The molecule has 9 heteroatoms. The van der Waals surface area contributed by atoms with E-state index in [9.17, 15) is 18.0 Å². The minimum atomic E-state index is -3.73. The summed E-state index contributed by atoms with van der Waals surface area (Å²) in [6.45, 7) is 9.00. The zero-order valence-electron chi connectivity index (χ0n) is 19.9. The molecule has 2 aromatic rings. The molecule has 0 spiro atoms. The fourth-order valence-electron chi connectivity index (χ4n) is 3.17. The number of halogens is 1. The van der Waals surface area contributed by atoms with Gasteiger partial charge < -0.3 is 10.2 Å². The van der Waals surface area contributed by atoms with E-state index in [1.807, 2.05) is 52.0 Å². The molecule has 33 heavy (non-hydrogen) atoms. The zero-order chi connectivity index (χ0) is 25.0. The Morgan fingerprint density at radius 1 is 1.03 bits per heavy atom. The molecule has 7 nitrogen and oxygen atoms in total. The molecule has 0 aliphatic heterocycles. The second-order valence-electron chi connectivity index (χ2n) is 9.17. The molecule has 2 amide bonds. The Labute approximate surface area is 210 Å². The van der Waals surface area contributed by atoms with E-state index in [2.05, 4.69) is 27.9 Å². The van der Waals surface area contributed by atoms with E-state index in [0.717, 1.165) is 25.3 Å². The highest BCUT2D eigenvalue weighted by molar-refractivity contribution is 14.1. The van der Waals surface area contributed by atoms with Gasteiger partial charge in [-0.1, -0.05) is 29.8 Å². The summed E-state index contributed by atoms with van der Waals surface area (Å²) in [4.78, 5) is 27.8. The Morgan fingerprint density at radius 3 is 2.06 bits per heavy atom. The molecular formula is C24H32IN3O4S. The second-order valence-corrected chi connectivity index (χ2v) is 12.3. The number of aryl methyl sites for hydroxylation is 1. The van der Waals surface area contributed by atoms with E-state index in [0.29, 0.717) is 5.69 Å². The molecule has 2 aromatic carbocycles. The van der Waals surface area contributed by atoms with Gasteiger partial charge in [0.05, 0.1) is 11.9 Å². The molecular weight excluding hydrogens is 553 g/mol. The highest BCUT2D eigenvalue weighted by Gasteiger charge is 2.31. The van der Waals surface area contributed by atoms with Crippen LogP contribution in [0.5, 0.6) is 0 Å². The van der Waals surface area contributed by atoms with E-state index < -0.39 is 34.1 Å². The first-order valence-electron chi connectivity index (χ1n) is 10.6. The maximum Gasteiger partial charge on any atom is 0.244 e. The minimum absolute atomic E-state index is 0.183. The first kappa shape index (κ1) is 27.1. The first-order valence-corrected chi connectivity index (χ1v) is 13.5. The monoisotopic (exact) mass is 585 g/mol. The molecule has 0 saturated carbocycles. The smallest absolute Gasteiger partial charge is 0.244 e. The van der Waals surface area contributed by atoms with Crippen molar-refractivity contribution >= 4 is 50.1 Å². The van der Waals surface area contributed by atoms with Crippen LogP contribution < -0.4 is 9.62 Å². The SMILES string of the molecule is Cc1ccc(CN(C(=O)CN(c2ccc(I)cc2)S(C)(=O)=O)C(C)C(=O)NC(C)(C)C)cc1. The summed E-state index contributed by atoms with van der Waals surface area (Å²) in [6.07, 6.45) is 1.07. The van der Waals surface area contributed by atoms with Crippen molar-refractivity contribution in [1.29, 1.82) is 0 Å². The van der Waals surface area contributed by atoms with Gasteiger partial charge in [-0.3, -0.25) is 13.9 Å². The van der Waals surface area contributed by atoms with Crippen molar-refractivity contribution in [2.75, 3.05) is 17.1 Å². The number of hydrogen-bond acceptors (Lipinski definition) is 4. The molecule has 1 N–H and O–H groups in total. The molecule has 0 bridgehead atoms. The molecule has 1 atom stereocenters. The summed E-state index contributed by atoms with van der Waals surface area (Å²) < 4.78 is 27.1. The molecule has 0 aromatic heterocycles. The van der Waals surface area contributed by atoms with Crippen LogP contribution in [-0.2, 0) is 26.2 Å². The van der Waals surface area contributed by atoms with E-state index in [4.69, 9.17) is 0 Å². The van der Waals surface area contributed by atoms with E-state index in [-0.39, 0.29) is 12.5 Å². The number of sulfonamides is 1. The third-order valence-electron chi connectivity index (χ3n) is 4.93. The Kier molecular flexibility index (Phi) is 8.92. The predicted octanol–water partition coefficient (Wildman–Crippen LogP) is 3.70. The van der Waals surface area contributed by atoms with Crippen LogP contribution in [0, 0.1) is 10.5 Å². The maximum absolute atomic E-state index is 13.5. The molecule has 0 heterocycles. The molecule has 0 saturated heterocycles. The van der Waals surface area contributed by atoms with Crippen molar-refractivity contribution in [3.63, 3.8) is 0 Å². The topological polar surface area (TPSA) is 86.8 Å². The Balaban J connectivity index is 2.38. The predicted molar refractivity (Wildman–Crippen MR) is 140 cm³/mol. The van der Waals surface area contributed by atoms with E-state index in [1.165, 1.54) is 4.90 Å². The average molecular weight is 586 g/mol. The van der Waals surface area contributed by atoms with Gasteiger partial charge in [-0.2, -0.15) is 0 Å². The lowest BCUT2D eigenvalue weighted by molar-refractivity contribution is -0.140. The van der Waals surface area contributed by atoms with Gasteiger partial charge in [0, 0.05) is 15.7 Å². The number of anilines is 1. The minimum Gasteiger partial charge on any atom is -0.350 e. The standard InChI is InChI=1S/C24H32IN3O4S/c1-17-7-9-19(10-8-17)15-27(18(2)23(30)26-24(3,4)5)22(29)16-28(33(6,31)32)21-13-11-20(25)12-14-21/h7-14,18H,15-16H2,1-6H3,(H,26,30). The number of nitrogens with one attached hydrogen (secondary N) is 1. The quantitative estimate of drug-likeness (QED) is 0.479. The van der Waals surface area contributed by atoms with E-state index in [1.54, 1.807) is 31.2 Å². The number of amides is 2. The molecule has 0 radical (unpaired) electrons. The third kappa shape index (κ3) is 8.29. The van der Waals surface area contributed by atoms with E-state index >= 15 is 0 Å².